The molecule has 0 radical (unpaired) electrons. The number of hydrogen-bond donors (Lipinski definition) is 3. The number of imidazole rings is 1. The van der Waals surface area contributed by atoms with E-state index in [-0.39, 0.29) is 18.5 Å². The van der Waals surface area contributed by atoms with E-state index in [1.54, 1.807) is 30.6 Å². The van der Waals surface area contributed by atoms with Gasteiger partial charge in [0.2, 0.25) is 0 Å². The molecule has 25 heavy (non-hydrogen) atoms. The van der Waals surface area contributed by atoms with Crippen LogP contribution < -0.4 is 10.9 Å². The van der Waals surface area contributed by atoms with E-state index >= 15 is 0 Å². The van der Waals surface area contributed by atoms with E-state index in [4.69, 9.17) is 23.2 Å². The Bertz CT molecular complexity index is 933. The normalized spacial score (nSPS) is 10.6. The Morgan fingerprint density at radius 3 is 2.56 bits per heavy atom. The molecule has 1 amide bonds. The SMILES string of the molecule is O=C(NCc1ncc[nH]1)c1cnc(Cc2c(Cl)cccc2Cl)[nH]c1=O. The topological polar surface area (TPSA) is 104 Å². The quantitative estimate of drug-likeness (QED) is 0.634. The van der Waals surface area contributed by atoms with Gasteiger partial charge in [0.1, 0.15) is 17.2 Å². The fourth-order valence-electron chi connectivity index (χ4n) is 2.21. The van der Waals surface area contributed by atoms with Crippen LogP contribution in [-0.4, -0.2) is 25.8 Å². The molecule has 9 heteroatoms. The maximum atomic E-state index is 12.2. The zero-order chi connectivity index (χ0) is 17.8. The molecular formula is C16H13Cl2N5O2. The van der Waals surface area contributed by atoms with Crippen LogP contribution >= 0.6 is 23.2 Å². The molecule has 0 saturated carbocycles. The van der Waals surface area contributed by atoms with Crippen LogP contribution in [0.25, 0.3) is 0 Å². The van der Waals surface area contributed by atoms with Crippen LogP contribution in [0, 0.1) is 0 Å². The molecule has 1 aromatic carbocycles. The molecule has 0 aliphatic rings. The Hall–Kier alpha value is -2.64. The highest BCUT2D eigenvalue weighted by atomic mass is 35.5. The largest absolute Gasteiger partial charge is 0.347 e. The van der Waals surface area contributed by atoms with Crippen molar-refractivity contribution in [3.63, 3.8) is 0 Å². The molecule has 0 atom stereocenters. The highest BCUT2D eigenvalue weighted by molar-refractivity contribution is 6.36. The number of carbonyl (C=O) groups excluding carboxylic acids is 1. The first kappa shape index (κ1) is 17.2. The van der Waals surface area contributed by atoms with Gasteiger partial charge in [0.15, 0.2) is 0 Å². The van der Waals surface area contributed by atoms with Gasteiger partial charge in [-0.3, -0.25) is 9.59 Å². The molecule has 3 rings (SSSR count). The predicted octanol–water partition coefficient (Wildman–Crippen LogP) is 2.32. The Labute approximate surface area is 152 Å². The summed E-state index contributed by atoms with van der Waals surface area (Å²) < 4.78 is 0. The fourth-order valence-corrected chi connectivity index (χ4v) is 2.74. The second-order valence-corrected chi connectivity index (χ2v) is 5.98. The van der Waals surface area contributed by atoms with E-state index in [9.17, 15) is 9.59 Å². The third-order valence-corrected chi connectivity index (χ3v) is 4.18. The van der Waals surface area contributed by atoms with E-state index in [1.807, 2.05) is 0 Å². The van der Waals surface area contributed by atoms with E-state index in [2.05, 4.69) is 25.3 Å². The Morgan fingerprint density at radius 1 is 1.16 bits per heavy atom. The van der Waals surface area contributed by atoms with Gasteiger partial charge in [-0.2, -0.15) is 0 Å². The average molecular weight is 378 g/mol. The Balaban J connectivity index is 1.74. The maximum Gasteiger partial charge on any atom is 0.263 e. The Morgan fingerprint density at radius 2 is 1.92 bits per heavy atom. The van der Waals surface area contributed by atoms with Crippen molar-refractivity contribution < 1.29 is 4.79 Å². The van der Waals surface area contributed by atoms with E-state index in [0.29, 0.717) is 27.3 Å². The third-order valence-electron chi connectivity index (χ3n) is 3.47. The number of H-pyrrole nitrogens is 2. The van der Waals surface area contributed by atoms with Gasteiger partial charge in [-0.15, -0.1) is 0 Å². The van der Waals surface area contributed by atoms with Crippen LogP contribution in [0.2, 0.25) is 10.0 Å². The van der Waals surface area contributed by atoms with Crippen LogP contribution in [-0.2, 0) is 13.0 Å². The summed E-state index contributed by atoms with van der Waals surface area (Å²) in [5.41, 5.74) is 0.0367. The lowest BCUT2D eigenvalue weighted by Crippen LogP contribution is -2.30. The number of halogens is 2. The van der Waals surface area contributed by atoms with Crippen molar-refractivity contribution >= 4 is 29.1 Å². The number of aromatic amines is 2. The molecule has 0 spiro atoms. The number of nitrogens with zero attached hydrogens (tertiary/aromatic N) is 2. The summed E-state index contributed by atoms with van der Waals surface area (Å²) in [5.74, 6) is 0.415. The van der Waals surface area contributed by atoms with Crippen LogP contribution in [0.5, 0.6) is 0 Å². The van der Waals surface area contributed by atoms with E-state index in [0.717, 1.165) is 0 Å². The number of rotatable bonds is 5. The van der Waals surface area contributed by atoms with Gasteiger partial charge in [0, 0.05) is 35.1 Å². The molecule has 128 valence electrons. The average Bonchev–Trinajstić information content (AvgIpc) is 3.10. The lowest BCUT2D eigenvalue weighted by Gasteiger charge is -2.07. The third kappa shape index (κ3) is 4.07. The van der Waals surface area contributed by atoms with Gasteiger partial charge in [0.05, 0.1) is 6.54 Å². The van der Waals surface area contributed by atoms with E-state index < -0.39 is 11.5 Å². The number of nitrogens with one attached hydrogen (secondary N) is 3. The highest BCUT2D eigenvalue weighted by Crippen LogP contribution is 2.25. The molecular weight excluding hydrogens is 365 g/mol. The minimum Gasteiger partial charge on any atom is -0.347 e. The summed E-state index contributed by atoms with van der Waals surface area (Å²) in [5, 5.41) is 3.56. The number of hydrogen-bond acceptors (Lipinski definition) is 4. The molecule has 0 saturated heterocycles. The molecule has 0 bridgehead atoms. The van der Waals surface area contributed by atoms with Crippen molar-refractivity contribution in [2.45, 2.75) is 13.0 Å². The van der Waals surface area contributed by atoms with E-state index in [1.165, 1.54) is 6.20 Å². The second kappa shape index (κ2) is 7.50. The van der Waals surface area contributed by atoms with Crippen LogP contribution in [0.3, 0.4) is 0 Å². The van der Waals surface area contributed by atoms with Crippen molar-refractivity contribution in [1.29, 1.82) is 0 Å². The molecule has 3 aromatic rings. The molecule has 0 unspecified atom stereocenters. The van der Waals surface area contributed by atoms with Gasteiger partial charge in [0.25, 0.3) is 11.5 Å². The summed E-state index contributed by atoms with van der Waals surface area (Å²) in [6.07, 6.45) is 4.70. The summed E-state index contributed by atoms with van der Waals surface area (Å²) in [6, 6.07) is 5.14. The Kier molecular flexibility index (Phi) is 5.16. The molecule has 7 nitrogen and oxygen atoms in total. The highest BCUT2D eigenvalue weighted by Gasteiger charge is 2.14. The van der Waals surface area contributed by atoms with Gasteiger partial charge in [-0.25, -0.2) is 9.97 Å². The summed E-state index contributed by atoms with van der Waals surface area (Å²) >= 11 is 12.2. The zero-order valence-electron chi connectivity index (χ0n) is 12.8. The van der Waals surface area contributed by atoms with Crippen LogP contribution in [0.1, 0.15) is 27.6 Å². The first-order valence-electron chi connectivity index (χ1n) is 7.32. The minimum absolute atomic E-state index is 0.0828. The van der Waals surface area contributed by atoms with Crippen molar-refractivity contribution in [3.8, 4) is 0 Å². The monoisotopic (exact) mass is 377 g/mol. The van der Waals surface area contributed by atoms with Crippen molar-refractivity contribution in [1.82, 2.24) is 25.3 Å². The maximum absolute atomic E-state index is 12.2. The zero-order valence-corrected chi connectivity index (χ0v) is 14.4. The molecule has 0 aliphatic carbocycles. The van der Waals surface area contributed by atoms with Crippen molar-refractivity contribution in [3.05, 3.63) is 80.0 Å². The molecule has 0 fully saturated rings. The summed E-state index contributed by atoms with van der Waals surface area (Å²) in [7, 11) is 0. The minimum atomic E-state index is -0.537. The second-order valence-electron chi connectivity index (χ2n) is 5.17. The number of aromatic nitrogens is 4. The first-order valence-corrected chi connectivity index (χ1v) is 8.07. The van der Waals surface area contributed by atoms with Crippen molar-refractivity contribution in [2.75, 3.05) is 0 Å². The molecule has 2 heterocycles. The number of benzene rings is 1. The van der Waals surface area contributed by atoms with Gasteiger partial charge < -0.3 is 15.3 Å². The van der Waals surface area contributed by atoms with Crippen molar-refractivity contribution in [2.24, 2.45) is 0 Å². The molecule has 2 aromatic heterocycles. The van der Waals surface area contributed by atoms with Gasteiger partial charge in [-0.1, -0.05) is 29.3 Å². The summed E-state index contributed by atoms with van der Waals surface area (Å²) in [6.45, 7) is 0.183. The molecule has 3 N–H and O–H groups in total. The van der Waals surface area contributed by atoms with Crippen LogP contribution in [0.4, 0.5) is 0 Å². The molecule has 0 aliphatic heterocycles. The number of carbonyl (C=O) groups is 1. The number of amides is 1. The fraction of sp³-hybridized carbons (Fsp3) is 0.125. The van der Waals surface area contributed by atoms with Crippen LogP contribution in [0.15, 0.2) is 41.6 Å². The lowest BCUT2D eigenvalue weighted by atomic mass is 10.1. The summed E-state index contributed by atoms with van der Waals surface area (Å²) in [4.78, 5) is 37.8. The lowest BCUT2D eigenvalue weighted by molar-refractivity contribution is 0.0948. The first-order chi connectivity index (χ1) is 12.0. The predicted molar refractivity (Wildman–Crippen MR) is 93.9 cm³/mol. The van der Waals surface area contributed by atoms with Gasteiger partial charge >= 0.3 is 0 Å². The standard InChI is InChI=1S/C16H13Cl2N5O2/c17-11-2-1-3-12(18)9(11)6-13-21-7-10(16(25)23-13)15(24)22-8-14-19-4-5-20-14/h1-5,7H,6,8H2,(H,19,20)(H,22,24)(H,21,23,25). The smallest absolute Gasteiger partial charge is 0.263 e. The van der Waals surface area contributed by atoms with Gasteiger partial charge in [-0.05, 0) is 17.7 Å².